The largest absolute Gasteiger partial charge is 0.424 e. The Balaban J connectivity index is 1.92. The van der Waals surface area contributed by atoms with Crippen molar-refractivity contribution < 1.29 is 4.42 Å². The first-order chi connectivity index (χ1) is 9.22. The van der Waals surface area contributed by atoms with Crippen molar-refractivity contribution in [2.45, 2.75) is 37.0 Å². The van der Waals surface area contributed by atoms with Crippen molar-refractivity contribution in [3.8, 4) is 0 Å². The normalized spacial score (nSPS) is 12.6. The molecule has 1 aromatic carbocycles. The number of thioether (sulfide) groups is 1. The Labute approximate surface area is 118 Å². The maximum absolute atomic E-state index is 5.48. The highest BCUT2D eigenvalue weighted by Crippen LogP contribution is 2.24. The lowest BCUT2D eigenvalue weighted by Gasteiger charge is -2.10. The van der Waals surface area contributed by atoms with E-state index >= 15 is 0 Å². The van der Waals surface area contributed by atoms with Crippen molar-refractivity contribution in [2.75, 3.05) is 7.05 Å². The molecule has 1 heterocycles. The van der Waals surface area contributed by atoms with E-state index in [1.165, 1.54) is 10.5 Å². The lowest BCUT2D eigenvalue weighted by molar-refractivity contribution is 0.470. The molecule has 0 spiro atoms. The molecule has 0 fully saturated rings. The Hall–Kier alpha value is -1.33. The van der Waals surface area contributed by atoms with E-state index < -0.39 is 0 Å². The monoisotopic (exact) mass is 277 g/mol. The summed E-state index contributed by atoms with van der Waals surface area (Å²) in [6.07, 6.45) is 0.786. The average molecular weight is 277 g/mol. The quantitative estimate of drug-likeness (QED) is 0.822. The molecule has 0 amide bonds. The minimum atomic E-state index is 0.377. The predicted molar refractivity (Wildman–Crippen MR) is 77.2 cm³/mol. The minimum absolute atomic E-state index is 0.377. The van der Waals surface area contributed by atoms with Crippen LogP contribution in [-0.2, 0) is 12.2 Å². The van der Waals surface area contributed by atoms with Gasteiger partial charge in [-0.3, -0.25) is 0 Å². The molecule has 0 aliphatic heterocycles. The summed E-state index contributed by atoms with van der Waals surface area (Å²) in [6, 6.07) is 8.93. The fourth-order valence-corrected chi connectivity index (χ4v) is 2.39. The summed E-state index contributed by atoms with van der Waals surface area (Å²) in [5.41, 5.74) is 1.29. The molecule has 2 aromatic rings. The Morgan fingerprint density at radius 3 is 2.47 bits per heavy atom. The highest BCUT2D eigenvalue weighted by Gasteiger charge is 2.06. The van der Waals surface area contributed by atoms with Gasteiger partial charge in [-0.05, 0) is 31.7 Å². The summed E-state index contributed by atoms with van der Waals surface area (Å²) in [7, 11) is 1.97. The zero-order valence-electron chi connectivity index (χ0n) is 11.5. The first-order valence-electron chi connectivity index (χ1n) is 6.44. The number of aryl methyl sites for hydroxylation is 1. The third-order valence-corrected chi connectivity index (χ3v) is 3.98. The van der Waals surface area contributed by atoms with E-state index in [1.807, 2.05) is 14.0 Å². The Morgan fingerprint density at radius 2 is 1.89 bits per heavy atom. The van der Waals surface area contributed by atoms with Gasteiger partial charge < -0.3 is 9.73 Å². The molecule has 0 bridgehead atoms. The van der Waals surface area contributed by atoms with Crippen LogP contribution in [0.2, 0.25) is 0 Å². The first kappa shape index (κ1) is 14.1. The number of hydrogen-bond acceptors (Lipinski definition) is 5. The van der Waals surface area contributed by atoms with Gasteiger partial charge in [-0.2, -0.15) is 0 Å². The van der Waals surface area contributed by atoms with Gasteiger partial charge in [-0.1, -0.05) is 19.1 Å². The van der Waals surface area contributed by atoms with Gasteiger partial charge in [0.2, 0.25) is 11.8 Å². The third-order valence-electron chi connectivity index (χ3n) is 2.99. The van der Waals surface area contributed by atoms with E-state index in [0.29, 0.717) is 23.6 Å². The van der Waals surface area contributed by atoms with Crippen molar-refractivity contribution in [3.63, 3.8) is 0 Å². The van der Waals surface area contributed by atoms with Crippen LogP contribution in [-0.4, -0.2) is 17.2 Å². The molecule has 0 saturated carbocycles. The topological polar surface area (TPSA) is 51.0 Å². The summed E-state index contributed by atoms with van der Waals surface area (Å²) >= 11 is 1.71. The number of rotatable bonds is 6. The Morgan fingerprint density at radius 1 is 1.21 bits per heavy atom. The Kier molecular flexibility index (Phi) is 4.99. The van der Waals surface area contributed by atoms with E-state index in [9.17, 15) is 0 Å². The fraction of sp³-hybridized carbons (Fsp3) is 0.429. The molecule has 1 atom stereocenters. The highest BCUT2D eigenvalue weighted by atomic mass is 32.2. The minimum Gasteiger partial charge on any atom is -0.424 e. The smallest absolute Gasteiger partial charge is 0.226 e. The van der Waals surface area contributed by atoms with Crippen LogP contribution in [0.15, 0.2) is 33.6 Å². The summed E-state index contributed by atoms with van der Waals surface area (Å²) in [4.78, 5) is 1.21. The van der Waals surface area contributed by atoms with Crippen LogP contribution in [0.5, 0.6) is 0 Å². The molecule has 4 nitrogen and oxygen atoms in total. The summed E-state index contributed by atoms with van der Waals surface area (Å²) in [5.74, 6) is 2.11. The summed E-state index contributed by atoms with van der Waals surface area (Å²) < 4.78 is 5.48. The zero-order chi connectivity index (χ0) is 13.7. The van der Waals surface area contributed by atoms with Crippen LogP contribution < -0.4 is 5.32 Å². The predicted octanol–water partition coefficient (Wildman–Crippen LogP) is 3.20. The van der Waals surface area contributed by atoms with Crippen molar-refractivity contribution in [1.29, 1.82) is 0 Å². The van der Waals surface area contributed by atoms with Gasteiger partial charge in [0.1, 0.15) is 0 Å². The summed E-state index contributed by atoms with van der Waals surface area (Å²) in [6.45, 7) is 4.15. The molecule has 0 radical (unpaired) electrons. The zero-order valence-corrected chi connectivity index (χ0v) is 12.3. The van der Waals surface area contributed by atoms with Gasteiger partial charge in [0.25, 0.3) is 0 Å². The second-order valence-corrected chi connectivity index (χ2v) is 5.36. The molecule has 5 heteroatoms. The molecule has 1 unspecified atom stereocenters. The van der Waals surface area contributed by atoms with Crippen molar-refractivity contribution in [2.24, 2.45) is 0 Å². The molecule has 102 valence electrons. The number of nitrogens with zero attached hydrogens (tertiary/aromatic N) is 2. The van der Waals surface area contributed by atoms with E-state index in [2.05, 4.69) is 46.7 Å². The van der Waals surface area contributed by atoms with Gasteiger partial charge in [-0.15, -0.1) is 22.0 Å². The second kappa shape index (κ2) is 6.73. The number of aromatic nitrogens is 2. The van der Waals surface area contributed by atoms with E-state index in [0.717, 1.165) is 6.42 Å². The van der Waals surface area contributed by atoms with Crippen LogP contribution in [0.1, 0.15) is 37.2 Å². The molecular formula is C14H19N3OS. The van der Waals surface area contributed by atoms with E-state index in [-0.39, 0.29) is 0 Å². The van der Waals surface area contributed by atoms with Crippen LogP contribution in [0.3, 0.4) is 0 Å². The molecule has 0 aliphatic rings. The maximum Gasteiger partial charge on any atom is 0.226 e. The number of benzene rings is 1. The standard InChI is InChI=1S/C14H19N3OS/c1-4-13-16-17-14(18-13)9-19-12-7-5-11(6-8-12)10(2)15-3/h5-8,10,15H,4,9H2,1-3H3. The maximum atomic E-state index is 5.48. The van der Waals surface area contributed by atoms with Crippen molar-refractivity contribution in [1.82, 2.24) is 15.5 Å². The third kappa shape index (κ3) is 3.81. The highest BCUT2D eigenvalue weighted by molar-refractivity contribution is 7.98. The second-order valence-electron chi connectivity index (χ2n) is 4.31. The fourth-order valence-electron chi connectivity index (χ4n) is 1.65. The number of hydrogen-bond donors (Lipinski definition) is 1. The van der Waals surface area contributed by atoms with Gasteiger partial charge >= 0.3 is 0 Å². The summed E-state index contributed by atoms with van der Waals surface area (Å²) in [5, 5.41) is 11.2. The van der Waals surface area contributed by atoms with Gasteiger partial charge in [0.05, 0.1) is 5.75 Å². The van der Waals surface area contributed by atoms with Crippen LogP contribution >= 0.6 is 11.8 Å². The molecule has 2 rings (SSSR count). The molecule has 0 aliphatic carbocycles. The molecule has 0 saturated heterocycles. The van der Waals surface area contributed by atoms with Crippen molar-refractivity contribution >= 4 is 11.8 Å². The lowest BCUT2D eigenvalue weighted by Crippen LogP contribution is -2.11. The molecule has 1 aromatic heterocycles. The molecule has 1 N–H and O–H groups in total. The first-order valence-corrected chi connectivity index (χ1v) is 7.42. The Bertz CT molecular complexity index is 510. The van der Waals surface area contributed by atoms with Crippen molar-refractivity contribution in [3.05, 3.63) is 41.6 Å². The lowest BCUT2D eigenvalue weighted by atomic mass is 10.1. The van der Waals surface area contributed by atoms with Gasteiger partial charge in [-0.25, -0.2) is 0 Å². The average Bonchev–Trinajstić information content (AvgIpc) is 2.93. The van der Waals surface area contributed by atoms with E-state index in [4.69, 9.17) is 4.42 Å². The van der Waals surface area contributed by atoms with Crippen LogP contribution in [0, 0.1) is 0 Å². The molecular weight excluding hydrogens is 258 g/mol. The molecule has 19 heavy (non-hydrogen) atoms. The van der Waals surface area contributed by atoms with Gasteiger partial charge in [0.15, 0.2) is 0 Å². The van der Waals surface area contributed by atoms with Crippen LogP contribution in [0.4, 0.5) is 0 Å². The van der Waals surface area contributed by atoms with Gasteiger partial charge in [0, 0.05) is 17.4 Å². The number of nitrogens with one attached hydrogen (secondary N) is 1. The SMILES string of the molecule is CCc1nnc(CSc2ccc(C(C)NC)cc2)o1. The van der Waals surface area contributed by atoms with E-state index in [1.54, 1.807) is 11.8 Å². The van der Waals surface area contributed by atoms with Crippen LogP contribution in [0.25, 0.3) is 0 Å².